The van der Waals surface area contributed by atoms with E-state index in [9.17, 15) is 0 Å². The van der Waals surface area contributed by atoms with Crippen LogP contribution in [-0.2, 0) is 4.18 Å². The second-order valence-corrected chi connectivity index (χ2v) is 1.24. The minimum absolute atomic E-state index is 1.15. The van der Waals surface area contributed by atoms with Crippen molar-refractivity contribution in [2.24, 2.45) is 0 Å². The molecule has 0 bridgehead atoms. The van der Waals surface area contributed by atoms with Crippen LogP contribution in [0.5, 0.6) is 0 Å². The van der Waals surface area contributed by atoms with Gasteiger partial charge in [0.25, 0.3) is 0 Å². The van der Waals surface area contributed by atoms with Gasteiger partial charge in [-0.25, -0.2) is 0 Å². The van der Waals surface area contributed by atoms with E-state index in [-0.39, 0.29) is 0 Å². The molecule has 2 heteroatoms. The van der Waals surface area contributed by atoms with Crippen LogP contribution >= 0.6 is 12.0 Å². The van der Waals surface area contributed by atoms with Crippen molar-refractivity contribution >= 4 is 12.0 Å². The lowest BCUT2D eigenvalue weighted by atomic mass is 11.2. The second-order valence-electron chi connectivity index (χ2n) is 0.526. The van der Waals surface area contributed by atoms with Crippen LogP contribution < -0.4 is 0 Å². The summed E-state index contributed by atoms with van der Waals surface area (Å²) in [7, 11) is 0. The third kappa shape index (κ3) is 3.63. The summed E-state index contributed by atoms with van der Waals surface area (Å²) in [5.41, 5.74) is 0. The second kappa shape index (κ2) is 4.63. The van der Waals surface area contributed by atoms with Crippen molar-refractivity contribution in [3.05, 3.63) is 24.8 Å². The van der Waals surface area contributed by atoms with E-state index in [1.54, 1.807) is 5.41 Å². The first-order chi connectivity index (χ1) is 2.91. The number of rotatable bonds is 3. The molecule has 0 N–H and O–H groups in total. The summed E-state index contributed by atoms with van der Waals surface area (Å²) >= 11 is 1.15. The summed E-state index contributed by atoms with van der Waals surface area (Å²) in [6.45, 7) is 6.70. The van der Waals surface area contributed by atoms with Gasteiger partial charge in [0.2, 0.25) is 0 Å². The van der Waals surface area contributed by atoms with Crippen LogP contribution in [0.3, 0.4) is 0 Å². The van der Waals surface area contributed by atoms with Gasteiger partial charge in [-0.05, 0) is 0 Å². The van der Waals surface area contributed by atoms with Crippen LogP contribution in [0.4, 0.5) is 0 Å². The topological polar surface area (TPSA) is 9.23 Å². The highest BCUT2D eigenvalue weighted by Crippen LogP contribution is 1.99. The minimum atomic E-state index is 1.15. The highest BCUT2D eigenvalue weighted by molar-refractivity contribution is 7.97. The standard InChI is InChI=1S/C4H6OS/c1-3-5-6-4-2/h3-4H,1-2H2. The highest BCUT2D eigenvalue weighted by Gasteiger charge is 1.63. The fraction of sp³-hybridized carbons (Fsp3) is 0. The Labute approximate surface area is 41.9 Å². The molecule has 0 fully saturated rings. The lowest BCUT2D eigenvalue weighted by Gasteiger charge is -1.83. The predicted molar refractivity (Wildman–Crippen MR) is 29.1 cm³/mol. The molecule has 0 aromatic heterocycles. The summed E-state index contributed by atoms with van der Waals surface area (Å²) in [5.74, 6) is 0. The van der Waals surface area contributed by atoms with E-state index < -0.39 is 0 Å². The van der Waals surface area contributed by atoms with E-state index in [4.69, 9.17) is 0 Å². The lowest BCUT2D eigenvalue weighted by Crippen LogP contribution is -1.51. The Bertz CT molecular complexity index is 43.5. The van der Waals surface area contributed by atoms with Gasteiger partial charge in [-0.3, -0.25) is 0 Å². The van der Waals surface area contributed by atoms with Crippen LogP contribution in [0.15, 0.2) is 24.8 Å². The Kier molecular flexibility index (Phi) is 4.34. The zero-order chi connectivity index (χ0) is 4.83. The Balaban J connectivity index is 2.66. The molecular weight excluding hydrogens is 96.1 g/mol. The number of hydrogen-bond acceptors (Lipinski definition) is 2. The highest BCUT2D eigenvalue weighted by atomic mass is 32.2. The zero-order valence-electron chi connectivity index (χ0n) is 3.39. The molecule has 0 atom stereocenters. The van der Waals surface area contributed by atoms with Crippen molar-refractivity contribution in [3.63, 3.8) is 0 Å². The first-order valence-corrected chi connectivity index (χ1v) is 2.26. The molecule has 0 unspecified atom stereocenters. The largest absolute Gasteiger partial charge is 0.430 e. The third-order valence-electron chi connectivity index (χ3n) is 0.192. The average molecular weight is 102 g/mol. The van der Waals surface area contributed by atoms with Gasteiger partial charge in [-0.1, -0.05) is 13.2 Å². The molecular formula is C4H6OS. The van der Waals surface area contributed by atoms with E-state index in [2.05, 4.69) is 17.3 Å². The summed E-state index contributed by atoms with van der Waals surface area (Å²) < 4.78 is 4.55. The Morgan fingerprint density at radius 2 is 2.17 bits per heavy atom. The normalized spacial score (nSPS) is 6.67. The van der Waals surface area contributed by atoms with Gasteiger partial charge in [0.05, 0.1) is 18.3 Å². The molecule has 0 aromatic rings. The quantitative estimate of drug-likeness (QED) is 0.306. The third-order valence-corrected chi connectivity index (χ3v) is 0.575. The Morgan fingerprint density at radius 3 is 2.33 bits per heavy atom. The van der Waals surface area contributed by atoms with Crippen LogP contribution in [0.25, 0.3) is 0 Å². The molecule has 0 saturated carbocycles. The van der Waals surface area contributed by atoms with Crippen molar-refractivity contribution in [1.29, 1.82) is 0 Å². The van der Waals surface area contributed by atoms with Crippen molar-refractivity contribution in [2.75, 3.05) is 0 Å². The molecule has 0 aliphatic rings. The maximum Gasteiger partial charge on any atom is 0.0943 e. The molecule has 0 rings (SSSR count). The predicted octanol–water partition coefficient (Wildman–Crippen LogP) is 1.94. The Hall–Kier alpha value is -0.370. The van der Waals surface area contributed by atoms with E-state index >= 15 is 0 Å². The summed E-state index contributed by atoms with van der Waals surface area (Å²) in [4.78, 5) is 0. The smallest absolute Gasteiger partial charge is 0.0943 e. The molecule has 0 aliphatic carbocycles. The summed E-state index contributed by atoms with van der Waals surface area (Å²) in [6, 6.07) is 0. The fourth-order valence-corrected chi connectivity index (χ4v) is 0.236. The van der Waals surface area contributed by atoms with Gasteiger partial charge in [0.1, 0.15) is 0 Å². The maximum atomic E-state index is 4.55. The Morgan fingerprint density at radius 1 is 1.50 bits per heavy atom. The van der Waals surface area contributed by atoms with Gasteiger partial charge < -0.3 is 4.18 Å². The van der Waals surface area contributed by atoms with Crippen molar-refractivity contribution < 1.29 is 4.18 Å². The molecule has 0 aromatic carbocycles. The summed E-state index contributed by atoms with van der Waals surface area (Å²) in [5, 5.41) is 1.58. The van der Waals surface area contributed by atoms with E-state index in [0.29, 0.717) is 0 Å². The van der Waals surface area contributed by atoms with E-state index in [1.165, 1.54) is 6.26 Å². The molecule has 6 heavy (non-hydrogen) atoms. The summed E-state index contributed by atoms with van der Waals surface area (Å²) in [6.07, 6.45) is 1.35. The monoisotopic (exact) mass is 102 g/mol. The van der Waals surface area contributed by atoms with Crippen molar-refractivity contribution in [3.8, 4) is 0 Å². The van der Waals surface area contributed by atoms with Crippen molar-refractivity contribution in [1.82, 2.24) is 0 Å². The minimum Gasteiger partial charge on any atom is -0.430 e. The molecule has 0 aliphatic heterocycles. The van der Waals surface area contributed by atoms with Gasteiger partial charge in [0, 0.05) is 5.41 Å². The van der Waals surface area contributed by atoms with Crippen LogP contribution in [-0.4, -0.2) is 0 Å². The molecule has 0 radical (unpaired) electrons. The SMILES string of the molecule is C=COSC=C. The molecule has 0 heterocycles. The lowest BCUT2D eigenvalue weighted by molar-refractivity contribution is 0.574. The van der Waals surface area contributed by atoms with Gasteiger partial charge in [-0.2, -0.15) is 0 Å². The number of hydrogen-bond donors (Lipinski definition) is 0. The molecule has 1 nitrogen and oxygen atoms in total. The fourth-order valence-electron chi connectivity index (χ4n) is 0.0786. The molecule has 0 spiro atoms. The van der Waals surface area contributed by atoms with Crippen LogP contribution in [0, 0.1) is 0 Å². The van der Waals surface area contributed by atoms with Crippen molar-refractivity contribution in [2.45, 2.75) is 0 Å². The average Bonchev–Trinajstić information content (AvgIpc) is 1.61. The first kappa shape index (κ1) is 5.63. The maximum absolute atomic E-state index is 4.55. The molecule has 34 valence electrons. The first-order valence-electron chi connectivity index (χ1n) is 1.45. The van der Waals surface area contributed by atoms with Gasteiger partial charge in [0.15, 0.2) is 0 Å². The van der Waals surface area contributed by atoms with Crippen LogP contribution in [0.2, 0.25) is 0 Å². The molecule has 0 saturated heterocycles. The van der Waals surface area contributed by atoms with Gasteiger partial charge in [-0.15, -0.1) is 0 Å². The zero-order valence-corrected chi connectivity index (χ0v) is 4.20. The van der Waals surface area contributed by atoms with Gasteiger partial charge >= 0.3 is 0 Å². The van der Waals surface area contributed by atoms with E-state index in [1.807, 2.05) is 0 Å². The van der Waals surface area contributed by atoms with Crippen LogP contribution in [0.1, 0.15) is 0 Å². The molecule has 0 amide bonds. The van der Waals surface area contributed by atoms with E-state index in [0.717, 1.165) is 12.0 Å².